The SMILES string of the molecule is Cc1c(/N=N/c2c(N)ccc3nn[nH]c23)cc([N+](=O)[O-])cc1[N+](=O)[O-]. The Labute approximate surface area is 138 Å². The third kappa shape index (κ3) is 2.83. The summed E-state index contributed by atoms with van der Waals surface area (Å²) in [7, 11) is 0. The number of nitrogens with one attached hydrogen (secondary N) is 1. The topological polar surface area (TPSA) is 179 Å². The van der Waals surface area contributed by atoms with Crippen LogP contribution in [-0.2, 0) is 0 Å². The number of nitrogens with zero attached hydrogens (tertiary/aromatic N) is 6. The maximum Gasteiger partial charge on any atom is 0.281 e. The van der Waals surface area contributed by atoms with Crippen LogP contribution >= 0.6 is 0 Å². The van der Waals surface area contributed by atoms with Gasteiger partial charge in [-0.25, -0.2) is 0 Å². The van der Waals surface area contributed by atoms with Gasteiger partial charge in [0.2, 0.25) is 0 Å². The number of aromatic amines is 1. The average molecular weight is 342 g/mol. The highest BCUT2D eigenvalue weighted by atomic mass is 16.6. The molecule has 12 nitrogen and oxygen atoms in total. The fourth-order valence-electron chi connectivity index (χ4n) is 2.20. The summed E-state index contributed by atoms with van der Waals surface area (Å²) in [6.45, 7) is 1.43. The zero-order valence-electron chi connectivity index (χ0n) is 12.7. The molecule has 0 bridgehead atoms. The van der Waals surface area contributed by atoms with Gasteiger partial charge in [-0.1, -0.05) is 5.21 Å². The predicted molar refractivity (Wildman–Crippen MR) is 87.0 cm³/mol. The van der Waals surface area contributed by atoms with Gasteiger partial charge in [-0.2, -0.15) is 0 Å². The van der Waals surface area contributed by atoms with E-state index >= 15 is 0 Å². The van der Waals surface area contributed by atoms with Crippen molar-refractivity contribution in [2.45, 2.75) is 6.92 Å². The van der Waals surface area contributed by atoms with Crippen molar-refractivity contribution in [2.24, 2.45) is 10.2 Å². The first kappa shape index (κ1) is 15.9. The number of nitrogens with two attached hydrogens (primary N) is 1. The lowest BCUT2D eigenvalue weighted by atomic mass is 10.1. The number of nitro benzene ring substituents is 2. The molecule has 0 radical (unpaired) electrons. The first-order chi connectivity index (χ1) is 11.9. The molecule has 25 heavy (non-hydrogen) atoms. The molecule has 12 heteroatoms. The van der Waals surface area contributed by atoms with E-state index in [4.69, 9.17) is 5.73 Å². The number of azo groups is 1. The van der Waals surface area contributed by atoms with Gasteiger partial charge in [0.25, 0.3) is 11.4 Å². The van der Waals surface area contributed by atoms with Gasteiger partial charge in [-0.15, -0.1) is 15.3 Å². The van der Waals surface area contributed by atoms with Crippen molar-refractivity contribution in [3.05, 3.63) is 50.1 Å². The molecule has 0 saturated carbocycles. The molecular weight excluding hydrogens is 332 g/mol. The van der Waals surface area contributed by atoms with Crippen molar-refractivity contribution in [3.63, 3.8) is 0 Å². The Morgan fingerprint density at radius 3 is 2.60 bits per heavy atom. The molecule has 1 aromatic heterocycles. The number of rotatable bonds is 4. The summed E-state index contributed by atoms with van der Waals surface area (Å²) in [5, 5.41) is 40.1. The zero-order chi connectivity index (χ0) is 18.1. The molecule has 1 heterocycles. The van der Waals surface area contributed by atoms with Crippen LogP contribution in [0.15, 0.2) is 34.5 Å². The lowest BCUT2D eigenvalue weighted by Gasteiger charge is -2.02. The average Bonchev–Trinajstić information content (AvgIpc) is 3.03. The molecule has 126 valence electrons. The van der Waals surface area contributed by atoms with Gasteiger partial charge in [-0.3, -0.25) is 25.3 Å². The number of hydrogen-bond acceptors (Lipinski definition) is 9. The van der Waals surface area contributed by atoms with E-state index in [0.29, 0.717) is 11.0 Å². The van der Waals surface area contributed by atoms with Crippen LogP contribution in [0.4, 0.5) is 28.4 Å². The molecule has 0 saturated heterocycles. The number of fused-ring (bicyclic) bond motifs is 1. The van der Waals surface area contributed by atoms with Crippen molar-refractivity contribution in [1.82, 2.24) is 15.4 Å². The highest BCUT2D eigenvalue weighted by Gasteiger charge is 2.21. The van der Waals surface area contributed by atoms with E-state index in [1.54, 1.807) is 12.1 Å². The second kappa shape index (κ2) is 5.92. The Hall–Kier alpha value is -3.96. The summed E-state index contributed by atoms with van der Waals surface area (Å²) >= 11 is 0. The number of H-pyrrole nitrogens is 1. The lowest BCUT2D eigenvalue weighted by Crippen LogP contribution is -1.95. The summed E-state index contributed by atoms with van der Waals surface area (Å²) in [4.78, 5) is 20.6. The van der Waals surface area contributed by atoms with Crippen molar-refractivity contribution < 1.29 is 9.85 Å². The van der Waals surface area contributed by atoms with Gasteiger partial charge < -0.3 is 5.73 Å². The Morgan fingerprint density at radius 2 is 1.92 bits per heavy atom. The summed E-state index contributed by atoms with van der Waals surface area (Å²) < 4.78 is 0. The third-order valence-corrected chi connectivity index (χ3v) is 3.51. The molecule has 0 aliphatic carbocycles. The van der Waals surface area contributed by atoms with Crippen LogP contribution < -0.4 is 5.73 Å². The Kier molecular flexibility index (Phi) is 3.77. The van der Waals surface area contributed by atoms with E-state index in [1.165, 1.54) is 6.92 Å². The van der Waals surface area contributed by atoms with Crippen LogP contribution in [0.2, 0.25) is 0 Å². The fourth-order valence-corrected chi connectivity index (χ4v) is 2.20. The maximum atomic E-state index is 11.1. The van der Waals surface area contributed by atoms with Gasteiger partial charge in [-0.05, 0) is 19.1 Å². The van der Waals surface area contributed by atoms with Crippen molar-refractivity contribution in [3.8, 4) is 0 Å². The van der Waals surface area contributed by atoms with Crippen LogP contribution in [0.1, 0.15) is 5.56 Å². The summed E-state index contributed by atoms with van der Waals surface area (Å²) in [6.07, 6.45) is 0. The second-order valence-corrected chi connectivity index (χ2v) is 5.03. The minimum atomic E-state index is -0.737. The molecule has 3 aromatic rings. The minimum Gasteiger partial charge on any atom is -0.397 e. The molecule has 0 aliphatic heterocycles. The lowest BCUT2D eigenvalue weighted by molar-refractivity contribution is -0.394. The molecular formula is C13H10N8O4. The molecule has 0 atom stereocenters. The molecule has 0 spiro atoms. The molecule has 3 N–H and O–H groups in total. The summed E-state index contributed by atoms with van der Waals surface area (Å²) in [5.74, 6) is 0. The molecule has 0 amide bonds. The summed E-state index contributed by atoms with van der Waals surface area (Å²) in [5.41, 5.74) is 6.56. The fraction of sp³-hybridized carbons (Fsp3) is 0.0769. The number of hydrogen-bond donors (Lipinski definition) is 2. The van der Waals surface area contributed by atoms with Gasteiger partial charge in [0.15, 0.2) is 0 Å². The monoisotopic (exact) mass is 342 g/mol. The minimum absolute atomic E-state index is 0.00947. The molecule has 2 aromatic carbocycles. The quantitative estimate of drug-likeness (QED) is 0.316. The highest BCUT2D eigenvalue weighted by Crippen LogP contribution is 2.36. The predicted octanol–water partition coefficient (Wildman–Crippen LogP) is 3.08. The number of nitro groups is 2. The highest BCUT2D eigenvalue weighted by molar-refractivity contribution is 5.92. The second-order valence-electron chi connectivity index (χ2n) is 5.03. The summed E-state index contributed by atoms with van der Waals surface area (Å²) in [6, 6.07) is 5.17. The van der Waals surface area contributed by atoms with Crippen LogP contribution in [-0.4, -0.2) is 25.3 Å². The van der Waals surface area contributed by atoms with E-state index in [2.05, 4.69) is 25.6 Å². The van der Waals surface area contributed by atoms with Gasteiger partial charge in [0, 0.05) is 6.07 Å². The van der Waals surface area contributed by atoms with Crippen molar-refractivity contribution in [2.75, 3.05) is 5.73 Å². The molecule has 0 fully saturated rings. The number of aromatic nitrogens is 3. The third-order valence-electron chi connectivity index (χ3n) is 3.51. The van der Waals surface area contributed by atoms with E-state index in [9.17, 15) is 20.2 Å². The van der Waals surface area contributed by atoms with Crippen LogP contribution in [0.25, 0.3) is 11.0 Å². The van der Waals surface area contributed by atoms with Crippen molar-refractivity contribution >= 4 is 39.5 Å². The van der Waals surface area contributed by atoms with Crippen molar-refractivity contribution in [1.29, 1.82) is 0 Å². The first-order valence-electron chi connectivity index (χ1n) is 6.83. The Bertz CT molecular complexity index is 1040. The molecule has 0 aliphatic rings. The first-order valence-corrected chi connectivity index (χ1v) is 6.83. The number of nitrogen functional groups attached to an aromatic ring is 1. The van der Waals surface area contributed by atoms with Crippen LogP contribution in [0, 0.1) is 27.2 Å². The van der Waals surface area contributed by atoms with Gasteiger partial charge >= 0.3 is 0 Å². The van der Waals surface area contributed by atoms with E-state index in [0.717, 1.165) is 12.1 Å². The normalized spacial score (nSPS) is 11.2. The Balaban J connectivity index is 2.15. The van der Waals surface area contributed by atoms with Gasteiger partial charge in [0.05, 0.1) is 27.2 Å². The largest absolute Gasteiger partial charge is 0.397 e. The van der Waals surface area contributed by atoms with Gasteiger partial charge in [0.1, 0.15) is 22.4 Å². The van der Waals surface area contributed by atoms with Crippen LogP contribution in [0.3, 0.4) is 0 Å². The number of non-ortho nitro benzene ring substituents is 1. The zero-order valence-corrected chi connectivity index (χ0v) is 12.7. The smallest absolute Gasteiger partial charge is 0.281 e. The van der Waals surface area contributed by atoms with E-state index < -0.39 is 21.2 Å². The number of anilines is 1. The molecule has 0 unspecified atom stereocenters. The maximum absolute atomic E-state index is 11.1. The van der Waals surface area contributed by atoms with E-state index in [-0.39, 0.29) is 22.6 Å². The number of benzene rings is 2. The Morgan fingerprint density at radius 1 is 1.16 bits per heavy atom. The standard InChI is InChI=1S/C13H10N8O4/c1-6-10(4-7(20(22)23)5-11(6)21(24)25)15-17-12-8(14)2-3-9-13(12)18-19-16-9/h2-5H,14H2,1H3,(H,16,18,19)/b17-15+. The van der Waals surface area contributed by atoms with Crippen LogP contribution in [0.5, 0.6) is 0 Å². The molecule has 3 rings (SSSR count). The van der Waals surface area contributed by atoms with E-state index in [1.807, 2.05) is 0 Å².